The third kappa shape index (κ3) is 2.80. The first-order valence-electron chi connectivity index (χ1n) is 3.98. The summed E-state index contributed by atoms with van der Waals surface area (Å²) in [6.07, 6.45) is 1.03. The first-order valence-corrected chi connectivity index (χ1v) is 5.28. The zero-order valence-corrected chi connectivity index (χ0v) is 9.61. The molecule has 0 fully saturated rings. The van der Waals surface area contributed by atoms with Gasteiger partial charge in [0.2, 0.25) is 0 Å². The van der Waals surface area contributed by atoms with Crippen LogP contribution in [0, 0.1) is 6.92 Å². The topological polar surface area (TPSA) is 0 Å². The van der Waals surface area contributed by atoms with Gasteiger partial charge in [0.15, 0.2) is 0 Å². The van der Waals surface area contributed by atoms with Gasteiger partial charge in [0, 0.05) is 9.85 Å². The van der Waals surface area contributed by atoms with Crippen molar-refractivity contribution < 1.29 is 0 Å². The van der Waals surface area contributed by atoms with Gasteiger partial charge < -0.3 is 0 Å². The summed E-state index contributed by atoms with van der Waals surface area (Å²) >= 11 is 9.49. The Morgan fingerprint density at radius 3 is 2.67 bits per heavy atom. The minimum atomic E-state index is 0.510. The van der Waals surface area contributed by atoms with Crippen molar-refractivity contribution >= 4 is 27.5 Å². The molecule has 0 N–H and O–H groups in total. The molecule has 1 unspecified atom stereocenters. The monoisotopic (exact) mass is 246 g/mol. The fourth-order valence-electron chi connectivity index (χ4n) is 1.09. The molecule has 66 valence electrons. The zero-order chi connectivity index (χ0) is 9.14. The van der Waals surface area contributed by atoms with Crippen molar-refractivity contribution in [2.24, 2.45) is 0 Å². The third-order valence-corrected chi connectivity index (χ3v) is 2.48. The average molecular weight is 248 g/mol. The second-order valence-corrected chi connectivity index (χ2v) is 5.04. The molecular weight excluding hydrogens is 235 g/mol. The lowest BCUT2D eigenvalue weighted by atomic mass is 10.1. The van der Waals surface area contributed by atoms with Crippen LogP contribution >= 0.6 is 27.5 Å². The zero-order valence-electron chi connectivity index (χ0n) is 7.27. The third-order valence-electron chi connectivity index (χ3n) is 1.75. The van der Waals surface area contributed by atoms with Crippen molar-refractivity contribution in [2.75, 3.05) is 0 Å². The molecule has 0 saturated carbocycles. The molecule has 2 heteroatoms. The molecule has 0 heterocycles. The number of rotatable bonds is 2. The highest BCUT2D eigenvalue weighted by Crippen LogP contribution is 2.18. The van der Waals surface area contributed by atoms with Gasteiger partial charge in [-0.05, 0) is 30.5 Å². The summed E-state index contributed by atoms with van der Waals surface area (Å²) in [5.74, 6) is 0. The fourth-order valence-corrected chi connectivity index (χ4v) is 1.67. The highest BCUT2D eigenvalue weighted by atomic mass is 79.9. The van der Waals surface area contributed by atoms with Crippen LogP contribution in [0.15, 0.2) is 18.2 Å². The number of halogens is 2. The molecule has 1 atom stereocenters. The van der Waals surface area contributed by atoms with Gasteiger partial charge in [-0.2, -0.15) is 0 Å². The van der Waals surface area contributed by atoms with E-state index in [0.717, 1.165) is 17.0 Å². The summed E-state index contributed by atoms with van der Waals surface area (Å²) in [6, 6.07) is 6.22. The molecule has 0 aliphatic carbocycles. The van der Waals surface area contributed by atoms with E-state index >= 15 is 0 Å². The number of hydrogen-bond donors (Lipinski definition) is 0. The van der Waals surface area contributed by atoms with Crippen LogP contribution in [0.25, 0.3) is 0 Å². The predicted molar refractivity (Wildman–Crippen MR) is 58.3 cm³/mol. The van der Waals surface area contributed by atoms with E-state index in [1.54, 1.807) is 0 Å². The van der Waals surface area contributed by atoms with Gasteiger partial charge in [0.25, 0.3) is 0 Å². The van der Waals surface area contributed by atoms with Crippen LogP contribution in [0.5, 0.6) is 0 Å². The molecule has 0 saturated heterocycles. The molecule has 0 radical (unpaired) electrons. The lowest BCUT2D eigenvalue weighted by Crippen LogP contribution is -1.96. The lowest BCUT2D eigenvalue weighted by molar-refractivity contribution is 0.959. The van der Waals surface area contributed by atoms with Gasteiger partial charge in [0.1, 0.15) is 0 Å². The maximum atomic E-state index is 5.98. The minimum Gasteiger partial charge on any atom is -0.0890 e. The van der Waals surface area contributed by atoms with E-state index in [0.29, 0.717) is 4.83 Å². The van der Waals surface area contributed by atoms with E-state index < -0.39 is 0 Å². The van der Waals surface area contributed by atoms with E-state index in [9.17, 15) is 0 Å². The molecule has 0 aromatic heterocycles. The Balaban J connectivity index is 2.82. The van der Waals surface area contributed by atoms with E-state index in [1.165, 1.54) is 5.56 Å². The van der Waals surface area contributed by atoms with Crippen LogP contribution < -0.4 is 0 Å². The summed E-state index contributed by atoms with van der Waals surface area (Å²) in [5.41, 5.74) is 2.43. The molecule has 0 aliphatic rings. The summed E-state index contributed by atoms with van der Waals surface area (Å²) in [4.78, 5) is 0.510. The van der Waals surface area contributed by atoms with Crippen molar-refractivity contribution in [1.82, 2.24) is 0 Å². The molecule has 0 aliphatic heterocycles. The second kappa shape index (κ2) is 4.29. The van der Waals surface area contributed by atoms with Crippen LogP contribution in [0.4, 0.5) is 0 Å². The molecule has 1 aromatic carbocycles. The van der Waals surface area contributed by atoms with Gasteiger partial charge in [-0.25, -0.2) is 0 Å². The van der Waals surface area contributed by atoms with Gasteiger partial charge in [-0.15, -0.1) is 0 Å². The first-order chi connectivity index (χ1) is 5.59. The Hall–Kier alpha value is -0.0100. The van der Waals surface area contributed by atoms with E-state index in [-0.39, 0.29) is 0 Å². The van der Waals surface area contributed by atoms with Crippen LogP contribution in [-0.2, 0) is 6.42 Å². The molecular formula is C10H12BrCl. The Labute approximate surface area is 87.1 Å². The first kappa shape index (κ1) is 10.1. The Morgan fingerprint density at radius 1 is 1.50 bits per heavy atom. The lowest BCUT2D eigenvalue weighted by Gasteiger charge is -2.05. The summed E-state index contributed by atoms with van der Waals surface area (Å²) in [5, 5.41) is 0.862. The number of hydrogen-bond acceptors (Lipinski definition) is 0. The van der Waals surface area contributed by atoms with Crippen molar-refractivity contribution in [1.29, 1.82) is 0 Å². The Kier molecular flexibility index (Phi) is 3.60. The Morgan fingerprint density at radius 2 is 2.17 bits per heavy atom. The maximum Gasteiger partial charge on any atom is 0.0437 e. The molecule has 0 amide bonds. The highest BCUT2D eigenvalue weighted by molar-refractivity contribution is 9.09. The predicted octanol–water partition coefficient (Wildman–Crippen LogP) is 3.97. The van der Waals surface area contributed by atoms with Crippen LogP contribution in [-0.4, -0.2) is 4.83 Å². The summed E-state index contributed by atoms with van der Waals surface area (Å²) in [6.45, 7) is 4.15. The molecule has 1 aromatic rings. The van der Waals surface area contributed by atoms with Crippen molar-refractivity contribution in [2.45, 2.75) is 25.1 Å². The molecule has 0 bridgehead atoms. The van der Waals surface area contributed by atoms with Crippen LogP contribution in [0.1, 0.15) is 18.1 Å². The van der Waals surface area contributed by atoms with Crippen molar-refractivity contribution in [3.8, 4) is 0 Å². The standard InChI is InChI=1S/C10H12BrCl/c1-7-3-4-9(5-8(2)11)6-10(7)12/h3-4,6,8H,5H2,1-2H3. The average Bonchev–Trinajstić information content (AvgIpc) is 1.96. The SMILES string of the molecule is Cc1ccc(CC(C)Br)cc1Cl. The van der Waals surface area contributed by atoms with Crippen LogP contribution in [0.3, 0.4) is 0 Å². The van der Waals surface area contributed by atoms with E-state index in [2.05, 4.69) is 35.0 Å². The Bertz CT molecular complexity index is 269. The highest BCUT2D eigenvalue weighted by Gasteiger charge is 2.00. The number of benzene rings is 1. The largest absolute Gasteiger partial charge is 0.0890 e. The molecule has 1 rings (SSSR count). The quantitative estimate of drug-likeness (QED) is 0.694. The molecule has 12 heavy (non-hydrogen) atoms. The fraction of sp³-hybridized carbons (Fsp3) is 0.400. The summed E-state index contributed by atoms with van der Waals surface area (Å²) < 4.78 is 0. The molecule has 0 nitrogen and oxygen atoms in total. The van der Waals surface area contributed by atoms with Crippen molar-refractivity contribution in [3.63, 3.8) is 0 Å². The molecule has 0 spiro atoms. The van der Waals surface area contributed by atoms with Gasteiger partial charge in [0.05, 0.1) is 0 Å². The smallest absolute Gasteiger partial charge is 0.0437 e. The number of aryl methyl sites for hydroxylation is 1. The van der Waals surface area contributed by atoms with Crippen LogP contribution in [0.2, 0.25) is 5.02 Å². The van der Waals surface area contributed by atoms with Crippen molar-refractivity contribution in [3.05, 3.63) is 34.3 Å². The van der Waals surface area contributed by atoms with Gasteiger partial charge in [-0.1, -0.05) is 46.6 Å². The normalized spacial score (nSPS) is 13.0. The van der Waals surface area contributed by atoms with Gasteiger partial charge in [-0.3, -0.25) is 0 Å². The maximum absolute atomic E-state index is 5.98. The van der Waals surface area contributed by atoms with E-state index in [4.69, 9.17) is 11.6 Å². The van der Waals surface area contributed by atoms with E-state index in [1.807, 2.05) is 13.0 Å². The summed E-state index contributed by atoms with van der Waals surface area (Å²) in [7, 11) is 0. The second-order valence-electron chi connectivity index (χ2n) is 3.07. The minimum absolute atomic E-state index is 0.510. The van der Waals surface area contributed by atoms with Gasteiger partial charge >= 0.3 is 0 Å². The number of alkyl halides is 1.